The van der Waals surface area contributed by atoms with Crippen LogP contribution in [0.2, 0.25) is 0 Å². The van der Waals surface area contributed by atoms with Crippen LogP contribution in [0.25, 0.3) is 0 Å². The number of rotatable bonds is 7. The Morgan fingerprint density at radius 1 is 1.19 bits per heavy atom. The number of nitrogens with one attached hydrogen (secondary N) is 1. The largest absolute Gasteiger partial charge is 0.309 e. The van der Waals surface area contributed by atoms with Crippen LogP contribution in [0.15, 0.2) is 57.9 Å². The molecule has 0 radical (unpaired) electrons. The molecule has 0 spiro atoms. The number of thioether (sulfide) groups is 1. The molecule has 112 valence electrons. The molecular formula is C17H19BrFNS. The van der Waals surface area contributed by atoms with Crippen LogP contribution in [0.4, 0.5) is 4.39 Å². The van der Waals surface area contributed by atoms with Gasteiger partial charge >= 0.3 is 0 Å². The fourth-order valence-corrected chi connectivity index (χ4v) is 3.72. The van der Waals surface area contributed by atoms with Gasteiger partial charge in [0, 0.05) is 21.2 Å². The van der Waals surface area contributed by atoms with Crippen LogP contribution in [0.3, 0.4) is 0 Å². The van der Waals surface area contributed by atoms with E-state index in [0.717, 1.165) is 28.8 Å². The predicted octanol–water partition coefficient (Wildman–Crippen LogP) is 5.42. The molecule has 2 rings (SSSR count). The molecule has 0 aromatic heterocycles. The highest BCUT2D eigenvalue weighted by atomic mass is 79.9. The van der Waals surface area contributed by atoms with Gasteiger partial charge in [-0.15, -0.1) is 11.8 Å². The Bertz CT molecular complexity index is 576. The molecule has 1 N–H and O–H groups in total. The van der Waals surface area contributed by atoms with E-state index in [4.69, 9.17) is 0 Å². The van der Waals surface area contributed by atoms with Gasteiger partial charge in [-0.05, 0) is 58.7 Å². The molecule has 4 heteroatoms. The molecule has 0 aliphatic rings. The van der Waals surface area contributed by atoms with Gasteiger partial charge < -0.3 is 5.32 Å². The molecule has 0 aliphatic heterocycles. The van der Waals surface area contributed by atoms with Gasteiger partial charge in [0.05, 0.1) is 0 Å². The van der Waals surface area contributed by atoms with Gasteiger partial charge in [0.1, 0.15) is 5.82 Å². The SMILES string of the molecule is CCCNC(CSc1ccccc1Br)c1cccc(F)c1. The molecule has 0 amide bonds. The maximum Gasteiger partial charge on any atom is 0.123 e. The van der Waals surface area contributed by atoms with Crippen LogP contribution in [-0.4, -0.2) is 12.3 Å². The van der Waals surface area contributed by atoms with Crippen molar-refractivity contribution >= 4 is 27.7 Å². The lowest BCUT2D eigenvalue weighted by Crippen LogP contribution is -2.24. The average molecular weight is 368 g/mol. The van der Waals surface area contributed by atoms with Crippen molar-refractivity contribution < 1.29 is 4.39 Å². The highest BCUT2D eigenvalue weighted by Crippen LogP contribution is 2.30. The van der Waals surface area contributed by atoms with Crippen LogP contribution in [-0.2, 0) is 0 Å². The van der Waals surface area contributed by atoms with E-state index < -0.39 is 0 Å². The first-order valence-electron chi connectivity index (χ1n) is 7.07. The zero-order valence-corrected chi connectivity index (χ0v) is 14.4. The summed E-state index contributed by atoms with van der Waals surface area (Å²) < 4.78 is 14.5. The monoisotopic (exact) mass is 367 g/mol. The van der Waals surface area contributed by atoms with Crippen molar-refractivity contribution in [2.45, 2.75) is 24.3 Å². The maximum atomic E-state index is 13.4. The summed E-state index contributed by atoms with van der Waals surface area (Å²) in [5.74, 6) is 0.688. The van der Waals surface area contributed by atoms with Gasteiger partial charge in [0.15, 0.2) is 0 Å². The third-order valence-corrected chi connectivity index (χ3v) is 5.25. The molecule has 2 aromatic rings. The van der Waals surface area contributed by atoms with Gasteiger partial charge in [-0.1, -0.05) is 31.2 Å². The molecule has 2 aromatic carbocycles. The third kappa shape index (κ3) is 5.13. The van der Waals surface area contributed by atoms with Gasteiger partial charge in [-0.25, -0.2) is 4.39 Å². The minimum atomic E-state index is -0.179. The Balaban J connectivity index is 2.08. The van der Waals surface area contributed by atoms with Gasteiger partial charge in [-0.3, -0.25) is 0 Å². The minimum Gasteiger partial charge on any atom is -0.309 e. The highest BCUT2D eigenvalue weighted by molar-refractivity contribution is 9.10. The van der Waals surface area contributed by atoms with Crippen LogP contribution in [0.1, 0.15) is 24.9 Å². The van der Waals surface area contributed by atoms with Crippen molar-refractivity contribution in [3.63, 3.8) is 0 Å². The lowest BCUT2D eigenvalue weighted by molar-refractivity contribution is 0.568. The Kier molecular flexibility index (Phi) is 6.74. The van der Waals surface area contributed by atoms with E-state index in [0.29, 0.717) is 0 Å². The molecule has 0 saturated carbocycles. The van der Waals surface area contributed by atoms with E-state index in [1.165, 1.54) is 11.0 Å². The summed E-state index contributed by atoms with van der Waals surface area (Å²) in [4.78, 5) is 1.21. The first kappa shape index (κ1) is 16.5. The lowest BCUT2D eigenvalue weighted by Gasteiger charge is -2.19. The molecule has 0 saturated heterocycles. The Labute approximate surface area is 138 Å². The zero-order chi connectivity index (χ0) is 15.1. The van der Waals surface area contributed by atoms with Gasteiger partial charge in [0.25, 0.3) is 0 Å². The second-order valence-electron chi connectivity index (χ2n) is 4.80. The summed E-state index contributed by atoms with van der Waals surface area (Å²) in [5, 5.41) is 3.50. The number of benzene rings is 2. The molecule has 0 aliphatic carbocycles. The van der Waals surface area contributed by atoms with E-state index in [-0.39, 0.29) is 11.9 Å². The van der Waals surface area contributed by atoms with Crippen LogP contribution in [0.5, 0.6) is 0 Å². The van der Waals surface area contributed by atoms with E-state index in [1.807, 2.05) is 24.3 Å². The van der Waals surface area contributed by atoms with E-state index in [9.17, 15) is 4.39 Å². The van der Waals surface area contributed by atoms with Gasteiger partial charge in [0.2, 0.25) is 0 Å². The molecule has 1 unspecified atom stereocenters. The lowest BCUT2D eigenvalue weighted by atomic mass is 10.1. The zero-order valence-electron chi connectivity index (χ0n) is 12.0. The normalized spacial score (nSPS) is 12.3. The molecular weight excluding hydrogens is 349 g/mol. The first-order chi connectivity index (χ1) is 10.2. The molecule has 21 heavy (non-hydrogen) atoms. The summed E-state index contributed by atoms with van der Waals surface area (Å²) >= 11 is 5.34. The van der Waals surface area contributed by atoms with Crippen LogP contribution >= 0.6 is 27.7 Å². The summed E-state index contributed by atoms with van der Waals surface area (Å²) in [6.07, 6.45) is 1.06. The highest BCUT2D eigenvalue weighted by Gasteiger charge is 2.12. The molecule has 0 fully saturated rings. The van der Waals surface area contributed by atoms with Crippen molar-refractivity contribution in [1.82, 2.24) is 5.32 Å². The topological polar surface area (TPSA) is 12.0 Å². The fourth-order valence-electron chi connectivity index (χ4n) is 2.05. The molecule has 1 atom stereocenters. The third-order valence-electron chi connectivity index (χ3n) is 3.13. The summed E-state index contributed by atoms with van der Waals surface area (Å²) in [6, 6.07) is 15.2. The minimum absolute atomic E-state index is 0.151. The van der Waals surface area contributed by atoms with Crippen molar-refractivity contribution in [3.05, 3.63) is 64.4 Å². The first-order valence-corrected chi connectivity index (χ1v) is 8.84. The van der Waals surface area contributed by atoms with Gasteiger partial charge in [-0.2, -0.15) is 0 Å². The Hall–Kier alpha value is -0.840. The summed E-state index contributed by atoms with van der Waals surface area (Å²) in [6.45, 7) is 3.06. The van der Waals surface area contributed by atoms with Crippen molar-refractivity contribution in [3.8, 4) is 0 Å². The number of hydrogen-bond donors (Lipinski definition) is 1. The predicted molar refractivity (Wildman–Crippen MR) is 92.3 cm³/mol. The average Bonchev–Trinajstić information content (AvgIpc) is 2.49. The summed E-state index contributed by atoms with van der Waals surface area (Å²) in [7, 11) is 0. The standard InChI is InChI=1S/C17H19BrFNS/c1-2-10-20-16(13-6-5-7-14(19)11-13)12-21-17-9-4-3-8-15(17)18/h3-9,11,16,20H,2,10,12H2,1H3. The molecule has 0 heterocycles. The fraction of sp³-hybridized carbons (Fsp3) is 0.294. The Morgan fingerprint density at radius 2 is 2.00 bits per heavy atom. The molecule has 0 bridgehead atoms. The number of hydrogen-bond acceptors (Lipinski definition) is 2. The molecule has 1 nitrogen and oxygen atoms in total. The van der Waals surface area contributed by atoms with Crippen LogP contribution in [0, 0.1) is 5.82 Å². The maximum absolute atomic E-state index is 13.4. The summed E-state index contributed by atoms with van der Waals surface area (Å²) in [5.41, 5.74) is 1.00. The van der Waals surface area contributed by atoms with Crippen molar-refractivity contribution in [1.29, 1.82) is 0 Å². The Morgan fingerprint density at radius 3 is 2.71 bits per heavy atom. The number of halogens is 2. The quantitative estimate of drug-likeness (QED) is 0.655. The van der Waals surface area contributed by atoms with Crippen molar-refractivity contribution in [2.75, 3.05) is 12.3 Å². The smallest absolute Gasteiger partial charge is 0.123 e. The van der Waals surface area contributed by atoms with Crippen LogP contribution < -0.4 is 5.32 Å². The van der Waals surface area contributed by atoms with E-state index >= 15 is 0 Å². The second-order valence-corrected chi connectivity index (χ2v) is 6.72. The van der Waals surface area contributed by atoms with E-state index in [2.05, 4.69) is 34.2 Å². The second kappa shape index (κ2) is 8.57. The van der Waals surface area contributed by atoms with Crippen molar-refractivity contribution in [2.24, 2.45) is 0 Å². The van der Waals surface area contributed by atoms with E-state index in [1.54, 1.807) is 23.9 Å².